The third-order valence-corrected chi connectivity index (χ3v) is 5.08. The van der Waals surface area contributed by atoms with Gasteiger partial charge in [-0.1, -0.05) is 34.1 Å². The van der Waals surface area contributed by atoms with Crippen LogP contribution in [0.3, 0.4) is 0 Å². The molecule has 1 rings (SSSR count). The van der Waals surface area contributed by atoms with Crippen molar-refractivity contribution in [3.05, 3.63) is 34.3 Å². The van der Waals surface area contributed by atoms with Crippen LogP contribution in [0.25, 0.3) is 0 Å². The number of hydrogen-bond acceptors (Lipinski definition) is 3. The molecule has 0 aliphatic heterocycles. The van der Waals surface area contributed by atoms with Gasteiger partial charge in [0.1, 0.15) is 5.75 Å². The zero-order chi connectivity index (χ0) is 14.6. The van der Waals surface area contributed by atoms with E-state index in [1.54, 1.807) is 6.92 Å². The van der Waals surface area contributed by atoms with Crippen molar-refractivity contribution in [3.8, 4) is 0 Å². The fourth-order valence-electron chi connectivity index (χ4n) is 1.48. The summed E-state index contributed by atoms with van der Waals surface area (Å²) in [5.41, 5.74) is 0.901. The van der Waals surface area contributed by atoms with Gasteiger partial charge in [0.25, 0.3) is 0 Å². The predicted molar refractivity (Wildman–Crippen MR) is 78.2 cm³/mol. The fourth-order valence-corrected chi connectivity index (χ4v) is 2.78. The summed E-state index contributed by atoms with van der Waals surface area (Å²) in [7, 11) is -0.721. The van der Waals surface area contributed by atoms with Gasteiger partial charge in [-0.3, -0.25) is 4.79 Å². The molecular weight excluding hydrogens is 332 g/mol. The van der Waals surface area contributed by atoms with Crippen LogP contribution in [0.15, 0.2) is 28.7 Å². The number of hydrogen-bond donors (Lipinski definition) is 1. The lowest BCUT2D eigenvalue weighted by Crippen LogP contribution is -2.37. The molecule has 0 heterocycles. The first kappa shape index (κ1) is 16.1. The molecule has 0 saturated heterocycles. The predicted octanol–water partition coefficient (Wildman–Crippen LogP) is 1.52. The van der Waals surface area contributed by atoms with Crippen LogP contribution >= 0.6 is 15.9 Å². The Morgan fingerprint density at radius 2 is 1.95 bits per heavy atom. The number of rotatable bonds is 5. The van der Waals surface area contributed by atoms with Crippen molar-refractivity contribution < 1.29 is 13.2 Å². The Kier molecular flexibility index (Phi) is 5.51. The number of nitrogens with one attached hydrogen (secondary N) is 1. The number of carbonyl (C=O) groups is 1. The van der Waals surface area contributed by atoms with Crippen molar-refractivity contribution in [3.63, 3.8) is 0 Å². The normalized spacial score (nSPS) is 13.3. The minimum atomic E-state index is -3.53. The molecule has 0 saturated carbocycles. The van der Waals surface area contributed by atoms with E-state index < -0.39 is 21.7 Å². The Morgan fingerprint density at radius 3 is 2.47 bits per heavy atom. The van der Waals surface area contributed by atoms with E-state index in [4.69, 9.17) is 0 Å². The van der Waals surface area contributed by atoms with Crippen LogP contribution in [0.4, 0.5) is 0 Å². The maximum absolute atomic E-state index is 11.7. The highest BCUT2D eigenvalue weighted by Gasteiger charge is 2.20. The average molecular weight is 349 g/mol. The van der Waals surface area contributed by atoms with E-state index in [0.717, 1.165) is 14.3 Å². The molecule has 1 aromatic carbocycles. The topological polar surface area (TPSA) is 66.5 Å². The second kappa shape index (κ2) is 6.49. The molecule has 1 atom stereocenters. The minimum Gasteiger partial charge on any atom is -0.349 e. The summed E-state index contributed by atoms with van der Waals surface area (Å²) in [6, 6.07) is 7.21. The van der Waals surface area contributed by atoms with Gasteiger partial charge in [-0.2, -0.15) is 0 Å². The van der Waals surface area contributed by atoms with Crippen molar-refractivity contribution in [2.75, 3.05) is 19.8 Å². The van der Waals surface area contributed by atoms with Gasteiger partial charge in [-0.15, -0.1) is 0 Å². The Hall–Kier alpha value is -0.920. The van der Waals surface area contributed by atoms with Crippen LogP contribution in [-0.4, -0.2) is 38.5 Å². The molecule has 1 N–H and O–H groups in total. The number of sulfonamides is 1. The highest BCUT2D eigenvalue weighted by molar-refractivity contribution is 9.10. The van der Waals surface area contributed by atoms with Gasteiger partial charge >= 0.3 is 0 Å². The highest BCUT2D eigenvalue weighted by atomic mass is 79.9. The van der Waals surface area contributed by atoms with E-state index in [-0.39, 0.29) is 6.04 Å². The largest absolute Gasteiger partial charge is 0.349 e. The minimum absolute atomic E-state index is 0.263. The first-order valence-corrected chi connectivity index (χ1v) is 8.08. The Morgan fingerprint density at radius 1 is 1.37 bits per heavy atom. The molecule has 0 unspecified atom stereocenters. The van der Waals surface area contributed by atoms with Crippen LogP contribution in [0.2, 0.25) is 0 Å². The Labute approximate surface area is 122 Å². The van der Waals surface area contributed by atoms with Gasteiger partial charge in [-0.25, -0.2) is 12.7 Å². The van der Waals surface area contributed by atoms with Crippen LogP contribution in [0.5, 0.6) is 0 Å². The molecular formula is C12H17BrN2O3S. The SMILES string of the molecule is C[C@H](NC(=O)CS(=O)(=O)N(C)C)c1ccccc1Br. The van der Waals surface area contributed by atoms with Gasteiger partial charge in [0, 0.05) is 18.6 Å². The molecule has 19 heavy (non-hydrogen) atoms. The molecule has 1 amide bonds. The molecule has 0 bridgehead atoms. The molecule has 106 valence electrons. The van der Waals surface area contributed by atoms with Crippen LogP contribution < -0.4 is 5.32 Å². The standard InChI is InChI=1S/C12H17BrN2O3S/c1-9(10-6-4-5-7-11(10)13)14-12(16)8-19(17,18)15(2)3/h4-7,9H,8H2,1-3H3,(H,14,16)/t9-/m0/s1. The third-order valence-electron chi connectivity index (χ3n) is 2.62. The lowest BCUT2D eigenvalue weighted by atomic mass is 10.1. The Bertz CT molecular complexity index is 558. The lowest BCUT2D eigenvalue weighted by Gasteiger charge is -2.17. The fraction of sp³-hybridized carbons (Fsp3) is 0.417. The summed E-state index contributed by atoms with van der Waals surface area (Å²) in [6.45, 7) is 1.81. The number of amides is 1. The van der Waals surface area contributed by atoms with E-state index in [1.165, 1.54) is 14.1 Å². The number of nitrogens with zero attached hydrogens (tertiary/aromatic N) is 1. The summed E-state index contributed by atoms with van der Waals surface area (Å²) in [5, 5.41) is 2.67. The zero-order valence-corrected chi connectivity index (χ0v) is 13.5. The van der Waals surface area contributed by atoms with Crippen LogP contribution in [-0.2, 0) is 14.8 Å². The van der Waals surface area contributed by atoms with E-state index in [2.05, 4.69) is 21.2 Å². The first-order valence-electron chi connectivity index (χ1n) is 5.68. The molecule has 7 heteroatoms. The van der Waals surface area contributed by atoms with Crippen molar-refractivity contribution in [1.82, 2.24) is 9.62 Å². The van der Waals surface area contributed by atoms with Gasteiger partial charge in [0.2, 0.25) is 15.9 Å². The van der Waals surface area contributed by atoms with Gasteiger partial charge in [-0.05, 0) is 18.6 Å². The van der Waals surface area contributed by atoms with Gasteiger partial charge in [0.15, 0.2) is 0 Å². The Balaban J connectivity index is 2.71. The first-order chi connectivity index (χ1) is 8.74. The summed E-state index contributed by atoms with van der Waals surface area (Å²) >= 11 is 3.39. The van der Waals surface area contributed by atoms with Gasteiger partial charge in [0.05, 0.1) is 6.04 Å². The molecule has 0 spiro atoms. The quantitative estimate of drug-likeness (QED) is 0.877. The smallest absolute Gasteiger partial charge is 0.237 e. The average Bonchev–Trinajstić information content (AvgIpc) is 2.28. The van der Waals surface area contributed by atoms with E-state index in [1.807, 2.05) is 24.3 Å². The van der Waals surface area contributed by atoms with E-state index >= 15 is 0 Å². The van der Waals surface area contributed by atoms with Gasteiger partial charge < -0.3 is 5.32 Å². The second-order valence-electron chi connectivity index (χ2n) is 4.35. The monoisotopic (exact) mass is 348 g/mol. The summed E-state index contributed by atoms with van der Waals surface area (Å²) in [4.78, 5) is 11.7. The molecule has 0 aliphatic rings. The molecule has 5 nitrogen and oxygen atoms in total. The van der Waals surface area contributed by atoms with Crippen LogP contribution in [0, 0.1) is 0 Å². The molecule has 1 aromatic rings. The maximum atomic E-state index is 11.7. The summed E-state index contributed by atoms with van der Waals surface area (Å²) in [5.74, 6) is -1.06. The molecule has 0 aromatic heterocycles. The van der Waals surface area contributed by atoms with Crippen LogP contribution in [0.1, 0.15) is 18.5 Å². The van der Waals surface area contributed by atoms with Crippen molar-refractivity contribution >= 4 is 31.9 Å². The second-order valence-corrected chi connectivity index (χ2v) is 7.39. The number of halogens is 1. The number of carbonyl (C=O) groups excluding carboxylic acids is 1. The van der Waals surface area contributed by atoms with Crippen molar-refractivity contribution in [2.24, 2.45) is 0 Å². The highest BCUT2D eigenvalue weighted by Crippen LogP contribution is 2.22. The molecule has 0 radical (unpaired) electrons. The summed E-state index contributed by atoms with van der Waals surface area (Å²) < 4.78 is 25.1. The molecule has 0 aliphatic carbocycles. The van der Waals surface area contributed by atoms with E-state index in [9.17, 15) is 13.2 Å². The third kappa shape index (κ3) is 4.59. The lowest BCUT2D eigenvalue weighted by molar-refractivity contribution is -0.119. The summed E-state index contributed by atoms with van der Waals surface area (Å²) in [6.07, 6.45) is 0. The van der Waals surface area contributed by atoms with E-state index in [0.29, 0.717) is 0 Å². The maximum Gasteiger partial charge on any atom is 0.237 e. The molecule has 0 fully saturated rings. The van der Waals surface area contributed by atoms with Crippen molar-refractivity contribution in [2.45, 2.75) is 13.0 Å². The number of benzene rings is 1. The van der Waals surface area contributed by atoms with Crippen molar-refractivity contribution in [1.29, 1.82) is 0 Å². The zero-order valence-electron chi connectivity index (χ0n) is 11.1.